The average molecular weight is 242 g/mol. The van der Waals surface area contributed by atoms with E-state index in [9.17, 15) is 4.39 Å². The fourth-order valence-corrected chi connectivity index (χ4v) is 1.24. The van der Waals surface area contributed by atoms with Gasteiger partial charge in [-0.3, -0.25) is 0 Å². The van der Waals surface area contributed by atoms with Gasteiger partial charge in [-0.05, 0) is 32.3 Å². The Morgan fingerprint density at radius 3 is 2.69 bits per heavy atom. The summed E-state index contributed by atoms with van der Waals surface area (Å²) >= 11 is 4.75. The van der Waals surface area contributed by atoms with Crippen molar-refractivity contribution < 1.29 is 9.13 Å². The van der Waals surface area contributed by atoms with Crippen molar-refractivity contribution in [2.75, 3.05) is 27.2 Å². The highest BCUT2D eigenvalue weighted by atomic mass is 32.1. The summed E-state index contributed by atoms with van der Waals surface area (Å²) in [5, 5.41) is 0. The standard InChI is InChI=1S/C11H15FN2OS/c1-14(2)5-6-15-10-4-3-8(11(13)16)7-9(10)12/h3-4,7H,5-6H2,1-2H3,(H2,13,16). The Balaban J connectivity index is 2.64. The lowest BCUT2D eigenvalue weighted by molar-refractivity contribution is 0.252. The van der Waals surface area contributed by atoms with Crippen molar-refractivity contribution in [3.05, 3.63) is 29.6 Å². The van der Waals surface area contributed by atoms with Gasteiger partial charge in [0.2, 0.25) is 0 Å². The van der Waals surface area contributed by atoms with Crippen molar-refractivity contribution in [1.82, 2.24) is 4.90 Å². The molecule has 0 heterocycles. The summed E-state index contributed by atoms with van der Waals surface area (Å²) in [4.78, 5) is 2.14. The number of nitrogens with zero attached hydrogens (tertiary/aromatic N) is 1. The average Bonchev–Trinajstić information content (AvgIpc) is 2.19. The van der Waals surface area contributed by atoms with Crippen molar-refractivity contribution in [2.45, 2.75) is 0 Å². The van der Waals surface area contributed by atoms with Gasteiger partial charge in [-0.2, -0.15) is 0 Å². The number of halogens is 1. The molecule has 0 amide bonds. The Bertz CT molecular complexity index is 382. The van der Waals surface area contributed by atoms with Gasteiger partial charge in [0.25, 0.3) is 0 Å². The molecule has 0 saturated carbocycles. The van der Waals surface area contributed by atoms with Crippen molar-refractivity contribution in [2.24, 2.45) is 5.73 Å². The summed E-state index contributed by atoms with van der Waals surface area (Å²) in [5.74, 6) is -0.217. The predicted molar refractivity (Wildman–Crippen MR) is 66.3 cm³/mol. The molecule has 16 heavy (non-hydrogen) atoms. The van der Waals surface area contributed by atoms with E-state index in [0.717, 1.165) is 6.54 Å². The molecule has 0 aromatic heterocycles. The van der Waals surface area contributed by atoms with Crippen LogP contribution in [0.3, 0.4) is 0 Å². The molecule has 2 N–H and O–H groups in total. The number of nitrogens with two attached hydrogens (primary N) is 1. The largest absolute Gasteiger partial charge is 0.489 e. The second-order valence-electron chi connectivity index (χ2n) is 3.66. The van der Waals surface area contributed by atoms with Gasteiger partial charge < -0.3 is 15.4 Å². The fraction of sp³-hybridized carbons (Fsp3) is 0.364. The summed E-state index contributed by atoms with van der Waals surface area (Å²) in [5.41, 5.74) is 5.90. The van der Waals surface area contributed by atoms with Gasteiger partial charge >= 0.3 is 0 Å². The number of hydrogen-bond acceptors (Lipinski definition) is 3. The molecule has 0 radical (unpaired) electrons. The van der Waals surface area contributed by atoms with Gasteiger partial charge in [-0.25, -0.2) is 4.39 Å². The first-order valence-corrected chi connectivity index (χ1v) is 5.28. The van der Waals surface area contributed by atoms with Gasteiger partial charge in [-0.1, -0.05) is 12.2 Å². The zero-order chi connectivity index (χ0) is 12.1. The van der Waals surface area contributed by atoms with Gasteiger partial charge in [0.1, 0.15) is 11.6 Å². The van der Waals surface area contributed by atoms with E-state index in [2.05, 4.69) is 0 Å². The van der Waals surface area contributed by atoms with Crippen LogP contribution in [0.15, 0.2) is 18.2 Å². The van der Waals surface area contributed by atoms with Crippen molar-refractivity contribution in [3.8, 4) is 5.75 Å². The summed E-state index contributed by atoms with van der Waals surface area (Å²) in [6.07, 6.45) is 0. The Kier molecular flexibility index (Phi) is 4.64. The van der Waals surface area contributed by atoms with Crippen LogP contribution in [0.25, 0.3) is 0 Å². The number of thiocarbonyl (C=S) groups is 1. The molecule has 0 aliphatic rings. The number of hydrogen-bond donors (Lipinski definition) is 1. The topological polar surface area (TPSA) is 38.5 Å². The van der Waals surface area contributed by atoms with E-state index in [0.29, 0.717) is 12.2 Å². The second-order valence-corrected chi connectivity index (χ2v) is 4.10. The summed E-state index contributed by atoms with van der Waals surface area (Å²) < 4.78 is 18.8. The van der Waals surface area contributed by atoms with Crippen LogP contribution >= 0.6 is 12.2 Å². The van der Waals surface area contributed by atoms with E-state index in [1.807, 2.05) is 19.0 Å². The van der Waals surface area contributed by atoms with E-state index < -0.39 is 5.82 Å². The third-order valence-electron chi connectivity index (χ3n) is 2.01. The first-order valence-electron chi connectivity index (χ1n) is 4.87. The molecule has 0 aliphatic carbocycles. The highest BCUT2D eigenvalue weighted by molar-refractivity contribution is 7.80. The molecule has 5 heteroatoms. The molecule has 0 atom stereocenters. The summed E-state index contributed by atoms with van der Waals surface area (Å²) in [6, 6.07) is 4.48. The lowest BCUT2D eigenvalue weighted by Gasteiger charge is -2.11. The Hall–Kier alpha value is -1.20. The Labute approximate surface area is 100.0 Å². The number of ether oxygens (including phenoxy) is 1. The third kappa shape index (κ3) is 3.75. The molecule has 0 bridgehead atoms. The van der Waals surface area contributed by atoms with Crippen LogP contribution in [0.5, 0.6) is 5.75 Å². The molecular formula is C11H15FN2OS. The van der Waals surface area contributed by atoms with E-state index in [1.165, 1.54) is 6.07 Å². The van der Waals surface area contributed by atoms with E-state index in [1.54, 1.807) is 12.1 Å². The molecular weight excluding hydrogens is 227 g/mol. The van der Waals surface area contributed by atoms with E-state index >= 15 is 0 Å². The normalized spacial score (nSPS) is 10.5. The SMILES string of the molecule is CN(C)CCOc1ccc(C(N)=S)cc1F. The molecule has 1 rings (SSSR count). The highest BCUT2D eigenvalue weighted by Gasteiger charge is 2.06. The first kappa shape index (κ1) is 12.9. The van der Waals surface area contributed by atoms with Crippen LogP contribution < -0.4 is 10.5 Å². The zero-order valence-corrected chi connectivity index (χ0v) is 10.2. The second kappa shape index (κ2) is 5.77. The van der Waals surface area contributed by atoms with Crippen LogP contribution in [0.2, 0.25) is 0 Å². The fourth-order valence-electron chi connectivity index (χ4n) is 1.11. The lowest BCUT2D eigenvalue weighted by atomic mass is 10.2. The minimum absolute atomic E-state index is 0.179. The van der Waals surface area contributed by atoms with E-state index in [4.69, 9.17) is 22.7 Å². The summed E-state index contributed by atoms with van der Waals surface area (Å²) in [6.45, 7) is 1.17. The lowest BCUT2D eigenvalue weighted by Crippen LogP contribution is -2.19. The number of likely N-dealkylation sites (N-methyl/N-ethyl adjacent to an activating group) is 1. The van der Waals surface area contributed by atoms with Crippen LogP contribution in [-0.2, 0) is 0 Å². The molecule has 0 unspecified atom stereocenters. The minimum Gasteiger partial charge on any atom is -0.489 e. The van der Waals surface area contributed by atoms with Crippen LogP contribution in [0.4, 0.5) is 4.39 Å². The molecule has 3 nitrogen and oxygen atoms in total. The quantitative estimate of drug-likeness (QED) is 0.792. The zero-order valence-electron chi connectivity index (χ0n) is 9.37. The van der Waals surface area contributed by atoms with Crippen LogP contribution in [-0.4, -0.2) is 37.1 Å². The maximum absolute atomic E-state index is 13.5. The molecule has 0 aliphatic heterocycles. The van der Waals surface area contributed by atoms with Gasteiger partial charge in [0, 0.05) is 12.1 Å². The molecule has 88 valence electrons. The van der Waals surface area contributed by atoms with Gasteiger partial charge in [0.05, 0.1) is 0 Å². The number of rotatable bonds is 5. The van der Waals surface area contributed by atoms with Gasteiger partial charge in [0.15, 0.2) is 11.6 Å². The predicted octanol–water partition coefficient (Wildman–Crippen LogP) is 1.40. The van der Waals surface area contributed by atoms with Gasteiger partial charge in [-0.15, -0.1) is 0 Å². The smallest absolute Gasteiger partial charge is 0.165 e. The summed E-state index contributed by atoms with van der Waals surface area (Å²) in [7, 11) is 3.85. The molecule has 1 aromatic carbocycles. The first-order chi connectivity index (χ1) is 7.50. The maximum atomic E-state index is 13.5. The van der Waals surface area contributed by atoms with Crippen LogP contribution in [0.1, 0.15) is 5.56 Å². The number of benzene rings is 1. The monoisotopic (exact) mass is 242 g/mol. The van der Waals surface area contributed by atoms with E-state index in [-0.39, 0.29) is 10.7 Å². The minimum atomic E-state index is -0.441. The molecule has 0 saturated heterocycles. The van der Waals surface area contributed by atoms with Crippen molar-refractivity contribution in [1.29, 1.82) is 0 Å². The van der Waals surface area contributed by atoms with Crippen molar-refractivity contribution >= 4 is 17.2 Å². The Morgan fingerprint density at radius 2 is 2.19 bits per heavy atom. The molecule has 0 spiro atoms. The Morgan fingerprint density at radius 1 is 1.50 bits per heavy atom. The van der Waals surface area contributed by atoms with Crippen molar-refractivity contribution in [3.63, 3.8) is 0 Å². The highest BCUT2D eigenvalue weighted by Crippen LogP contribution is 2.18. The van der Waals surface area contributed by atoms with Crippen LogP contribution in [0, 0.1) is 5.82 Å². The molecule has 1 aromatic rings. The maximum Gasteiger partial charge on any atom is 0.165 e. The third-order valence-corrected chi connectivity index (χ3v) is 2.25. The molecule has 0 fully saturated rings.